The molecule has 0 unspecified atom stereocenters. The number of thiol groups is 1. The summed E-state index contributed by atoms with van der Waals surface area (Å²) in [5, 5.41) is 0. The number of ether oxygens (including phenoxy) is 1. The lowest BCUT2D eigenvalue weighted by molar-refractivity contribution is -0.112. The normalized spacial score (nSPS) is 11.3. The average Bonchev–Trinajstić information content (AvgIpc) is 1.86. The molecule has 0 aromatic carbocycles. The van der Waals surface area contributed by atoms with Crippen LogP contribution in [0.5, 0.6) is 0 Å². The summed E-state index contributed by atoms with van der Waals surface area (Å²) in [6, 6.07) is 0. The van der Waals surface area contributed by atoms with Crippen LogP contribution in [0.3, 0.4) is 0 Å². The predicted molar refractivity (Wildman–Crippen MR) is 44.0 cm³/mol. The minimum atomic E-state index is 0.0126. The van der Waals surface area contributed by atoms with Crippen LogP contribution in [0.4, 0.5) is 0 Å². The van der Waals surface area contributed by atoms with Crippen molar-refractivity contribution in [2.75, 3.05) is 5.94 Å². The molecule has 0 saturated heterocycles. The van der Waals surface area contributed by atoms with Gasteiger partial charge in [0.2, 0.25) is 0 Å². The van der Waals surface area contributed by atoms with E-state index in [4.69, 9.17) is 4.74 Å². The van der Waals surface area contributed by atoms with E-state index in [2.05, 4.69) is 12.6 Å². The number of allylic oxidation sites excluding steroid dienone is 2. The molecule has 0 saturated carbocycles. The van der Waals surface area contributed by atoms with Crippen molar-refractivity contribution in [3.63, 3.8) is 0 Å². The van der Waals surface area contributed by atoms with Crippen LogP contribution in [-0.4, -0.2) is 11.7 Å². The lowest BCUT2D eigenvalue weighted by Crippen LogP contribution is -1.92. The Kier molecular flexibility index (Phi) is 5.12. The summed E-state index contributed by atoms with van der Waals surface area (Å²) in [5.74, 6) is 1.04. The van der Waals surface area contributed by atoms with E-state index in [0.29, 0.717) is 11.7 Å². The van der Waals surface area contributed by atoms with E-state index in [1.54, 1.807) is 0 Å². The van der Waals surface area contributed by atoms with Crippen molar-refractivity contribution < 1.29 is 9.53 Å². The molecule has 0 N–H and O–H groups in total. The molecule has 0 aliphatic heterocycles. The lowest BCUT2D eigenvalue weighted by atomic mass is 10.3. The molecule has 0 atom stereocenters. The van der Waals surface area contributed by atoms with Crippen molar-refractivity contribution in [2.45, 2.75) is 20.3 Å². The van der Waals surface area contributed by atoms with Crippen molar-refractivity contribution in [1.29, 1.82) is 0 Å². The molecule has 10 heavy (non-hydrogen) atoms. The first kappa shape index (κ1) is 9.56. The van der Waals surface area contributed by atoms with Gasteiger partial charge in [-0.25, -0.2) is 0 Å². The van der Waals surface area contributed by atoms with Crippen molar-refractivity contribution in [1.82, 2.24) is 0 Å². The molecule has 58 valence electrons. The third-order valence-electron chi connectivity index (χ3n) is 0.963. The maximum absolute atomic E-state index is 10.5. The maximum Gasteiger partial charge on any atom is 0.155 e. The monoisotopic (exact) mass is 160 g/mol. The first-order valence-electron chi connectivity index (χ1n) is 3.15. The second kappa shape index (κ2) is 5.35. The summed E-state index contributed by atoms with van der Waals surface area (Å²) in [4.78, 5) is 10.5. The fourth-order valence-corrected chi connectivity index (χ4v) is 0.721. The van der Waals surface area contributed by atoms with Gasteiger partial charge in [-0.05, 0) is 6.92 Å². The number of carbonyl (C=O) groups excluding carboxylic acids is 1. The molecular formula is C7H12O2S. The highest BCUT2D eigenvalue weighted by molar-refractivity contribution is 7.80. The summed E-state index contributed by atoms with van der Waals surface area (Å²) in [6.07, 6.45) is 2.22. The molecule has 0 fully saturated rings. The second-order valence-corrected chi connectivity index (χ2v) is 2.11. The Hall–Kier alpha value is -0.440. The number of rotatable bonds is 4. The van der Waals surface area contributed by atoms with Crippen molar-refractivity contribution in [2.24, 2.45) is 0 Å². The fraction of sp³-hybridized carbons (Fsp3) is 0.571. The molecule has 0 bridgehead atoms. The molecule has 0 heterocycles. The maximum atomic E-state index is 10.5. The molecule has 2 nitrogen and oxygen atoms in total. The van der Waals surface area contributed by atoms with Crippen molar-refractivity contribution in [3.8, 4) is 0 Å². The summed E-state index contributed by atoms with van der Waals surface area (Å²) < 4.78 is 5.01. The molecule has 0 aliphatic carbocycles. The fourth-order valence-electron chi connectivity index (χ4n) is 0.555. The van der Waals surface area contributed by atoms with Crippen LogP contribution in [0, 0.1) is 0 Å². The van der Waals surface area contributed by atoms with Gasteiger partial charge in [0.1, 0.15) is 11.7 Å². The molecule has 0 aromatic heterocycles. The minimum absolute atomic E-state index is 0.0126. The van der Waals surface area contributed by atoms with Gasteiger partial charge in [-0.1, -0.05) is 6.92 Å². The largest absolute Gasteiger partial charge is 0.487 e. The lowest BCUT2D eigenvalue weighted by Gasteiger charge is -2.02. The van der Waals surface area contributed by atoms with Crippen molar-refractivity contribution in [3.05, 3.63) is 11.8 Å². The van der Waals surface area contributed by atoms with E-state index >= 15 is 0 Å². The highest BCUT2D eigenvalue weighted by Gasteiger charge is 1.94. The standard InChI is InChI=1S/C7H12O2S/c1-3-7(9-5-10)4-6(2)8/h4,10H,3,5H2,1-2H3/b7-4-. The molecule has 0 aliphatic rings. The Morgan fingerprint density at radius 2 is 2.30 bits per heavy atom. The Balaban J connectivity index is 3.91. The van der Waals surface area contributed by atoms with Crippen LogP contribution in [0.25, 0.3) is 0 Å². The molecule has 0 radical (unpaired) electrons. The van der Waals surface area contributed by atoms with Crippen molar-refractivity contribution >= 4 is 18.4 Å². The van der Waals surface area contributed by atoms with Crippen LogP contribution in [0.15, 0.2) is 11.8 Å². The minimum Gasteiger partial charge on any atom is -0.487 e. The van der Waals surface area contributed by atoms with E-state index in [1.165, 1.54) is 13.0 Å². The van der Waals surface area contributed by atoms with Gasteiger partial charge < -0.3 is 4.74 Å². The van der Waals surface area contributed by atoms with Crippen LogP contribution < -0.4 is 0 Å². The number of carbonyl (C=O) groups is 1. The molecule has 0 aromatic rings. The van der Waals surface area contributed by atoms with Crippen LogP contribution in [-0.2, 0) is 9.53 Å². The van der Waals surface area contributed by atoms with Gasteiger partial charge in [0.25, 0.3) is 0 Å². The molecule has 0 spiro atoms. The summed E-state index contributed by atoms with van der Waals surface area (Å²) in [7, 11) is 0. The number of ketones is 1. The van der Waals surface area contributed by atoms with Crippen LogP contribution >= 0.6 is 12.6 Å². The molecule has 0 rings (SSSR count). The van der Waals surface area contributed by atoms with Gasteiger partial charge in [-0.3, -0.25) is 4.79 Å². The Morgan fingerprint density at radius 3 is 2.60 bits per heavy atom. The van der Waals surface area contributed by atoms with Crippen LogP contribution in [0.2, 0.25) is 0 Å². The summed E-state index contributed by atoms with van der Waals surface area (Å²) in [6.45, 7) is 3.43. The SMILES string of the molecule is CC/C(=C/C(C)=O)OCS. The Morgan fingerprint density at radius 1 is 1.70 bits per heavy atom. The zero-order valence-corrected chi connectivity index (χ0v) is 7.15. The first-order valence-corrected chi connectivity index (χ1v) is 3.78. The predicted octanol–water partition coefficient (Wildman–Crippen LogP) is 1.77. The third kappa shape index (κ3) is 4.44. The van der Waals surface area contributed by atoms with Gasteiger partial charge in [0.05, 0.1) is 0 Å². The number of hydrogen-bond acceptors (Lipinski definition) is 3. The van der Waals surface area contributed by atoms with Gasteiger partial charge in [-0.2, -0.15) is 0 Å². The Bertz CT molecular complexity index is 141. The molecular weight excluding hydrogens is 148 g/mol. The number of hydrogen-bond donors (Lipinski definition) is 1. The van der Waals surface area contributed by atoms with Gasteiger partial charge in [0, 0.05) is 12.5 Å². The zero-order chi connectivity index (χ0) is 7.98. The van der Waals surface area contributed by atoms with E-state index in [9.17, 15) is 4.79 Å². The van der Waals surface area contributed by atoms with Gasteiger partial charge in [0.15, 0.2) is 5.78 Å². The van der Waals surface area contributed by atoms with E-state index in [-0.39, 0.29) is 5.78 Å². The second-order valence-electron chi connectivity index (χ2n) is 1.85. The third-order valence-corrected chi connectivity index (χ3v) is 1.09. The Labute approximate surface area is 66.7 Å². The highest BCUT2D eigenvalue weighted by Crippen LogP contribution is 2.02. The summed E-state index contributed by atoms with van der Waals surface area (Å²) >= 11 is 3.86. The smallest absolute Gasteiger partial charge is 0.155 e. The van der Waals surface area contributed by atoms with E-state index < -0.39 is 0 Å². The van der Waals surface area contributed by atoms with E-state index in [0.717, 1.165) is 6.42 Å². The van der Waals surface area contributed by atoms with Crippen LogP contribution in [0.1, 0.15) is 20.3 Å². The zero-order valence-electron chi connectivity index (χ0n) is 6.26. The highest BCUT2D eigenvalue weighted by atomic mass is 32.1. The van der Waals surface area contributed by atoms with Gasteiger partial charge >= 0.3 is 0 Å². The summed E-state index contributed by atoms with van der Waals surface area (Å²) in [5.41, 5.74) is 0. The van der Waals surface area contributed by atoms with Gasteiger partial charge in [-0.15, -0.1) is 12.6 Å². The first-order chi connectivity index (χ1) is 4.70. The molecule has 0 amide bonds. The average molecular weight is 160 g/mol. The van der Waals surface area contributed by atoms with E-state index in [1.807, 2.05) is 6.92 Å². The topological polar surface area (TPSA) is 26.3 Å². The molecule has 3 heteroatoms. The quantitative estimate of drug-likeness (QED) is 0.293.